The molecule has 2 heteroatoms. The van der Waals surface area contributed by atoms with Crippen LogP contribution in [0.3, 0.4) is 0 Å². The van der Waals surface area contributed by atoms with Gasteiger partial charge in [-0.25, -0.2) is 0 Å². The molecule has 1 heterocycles. The smallest absolute Gasteiger partial charge is 0.253 e. The first-order valence-corrected chi connectivity index (χ1v) is 5.78. The van der Waals surface area contributed by atoms with Crippen LogP contribution in [0.15, 0.2) is 43.0 Å². The Balaban J connectivity index is 1.99. The van der Waals surface area contributed by atoms with Gasteiger partial charge in [0.1, 0.15) is 0 Å². The zero-order valence-electron chi connectivity index (χ0n) is 9.43. The Morgan fingerprint density at radius 3 is 2.44 bits per heavy atom. The molecule has 0 saturated carbocycles. The van der Waals surface area contributed by atoms with Crippen molar-refractivity contribution in [3.63, 3.8) is 0 Å². The Kier molecular flexibility index (Phi) is 3.40. The van der Waals surface area contributed by atoms with Crippen LogP contribution in [0, 0.1) is 5.92 Å². The van der Waals surface area contributed by atoms with Gasteiger partial charge in [0.2, 0.25) is 0 Å². The maximum absolute atomic E-state index is 12.1. The van der Waals surface area contributed by atoms with Gasteiger partial charge >= 0.3 is 0 Å². The molecule has 0 spiro atoms. The maximum atomic E-state index is 12.1. The van der Waals surface area contributed by atoms with E-state index in [2.05, 4.69) is 6.58 Å². The number of hydrogen-bond donors (Lipinski definition) is 0. The van der Waals surface area contributed by atoms with Gasteiger partial charge in [-0.2, -0.15) is 0 Å². The molecule has 0 aromatic heterocycles. The standard InChI is InChI=1S/C14H17NO/c1-2-12-8-10-15(11-9-12)14(16)13-6-4-3-5-7-13/h2-7,12H,1,8-11H2. The van der Waals surface area contributed by atoms with Crippen LogP contribution in [-0.2, 0) is 0 Å². The highest BCUT2D eigenvalue weighted by atomic mass is 16.2. The summed E-state index contributed by atoms with van der Waals surface area (Å²) in [6.07, 6.45) is 4.09. The van der Waals surface area contributed by atoms with E-state index in [9.17, 15) is 4.79 Å². The van der Waals surface area contributed by atoms with Crippen LogP contribution in [0.5, 0.6) is 0 Å². The van der Waals surface area contributed by atoms with Gasteiger partial charge in [-0.15, -0.1) is 6.58 Å². The normalized spacial score (nSPS) is 17.1. The van der Waals surface area contributed by atoms with Crippen LogP contribution in [0.25, 0.3) is 0 Å². The van der Waals surface area contributed by atoms with Crippen LogP contribution < -0.4 is 0 Å². The Labute approximate surface area is 96.6 Å². The first-order chi connectivity index (χ1) is 7.81. The lowest BCUT2D eigenvalue weighted by molar-refractivity contribution is 0.0705. The summed E-state index contributed by atoms with van der Waals surface area (Å²) in [4.78, 5) is 14.0. The van der Waals surface area contributed by atoms with E-state index in [1.807, 2.05) is 41.3 Å². The Bertz CT molecular complexity index is 364. The Morgan fingerprint density at radius 1 is 1.25 bits per heavy atom. The molecule has 1 saturated heterocycles. The minimum atomic E-state index is 0.156. The largest absolute Gasteiger partial charge is 0.339 e. The highest BCUT2D eigenvalue weighted by Crippen LogP contribution is 2.19. The number of rotatable bonds is 2. The van der Waals surface area contributed by atoms with Crippen molar-refractivity contribution in [3.05, 3.63) is 48.6 Å². The minimum Gasteiger partial charge on any atom is -0.339 e. The summed E-state index contributed by atoms with van der Waals surface area (Å²) >= 11 is 0. The van der Waals surface area contributed by atoms with Gasteiger partial charge in [-0.05, 0) is 30.9 Å². The average molecular weight is 215 g/mol. The van der Waals surface area contributed by atoms with E-state index in [0.717, 1.165) is 31.5 Å². The molecule has 2 nitrogen and oxygen atoms in total. The molecule has 0 aliphatic carbocycles. The van der Waals surface area contributed by atoms with Crippen molar-refractivity contribution in [2.24, 2.45) is 5.92 Å². The van der Waals surface area contributed by atoms with Crippen molar-refractivity contribution in [1.82, 2.24) is 4.90 Å². The van der Waals surface area contributed by atoms with E-state index in [1.165, 1.54) is 0 Å². The fourth-order valence-electron chi connectivity index (χ4n) is 2.10. The van der Waals surface area contributed by atoms with Gasteiger partial charge in [-0.1, -0.05) is 24.3 Å². The van der Waals surface area contributed by atoms with Crippen LogP contribution in [0.4, 0.5) is 0 Å². The highest BCUT2D eigenvalue weighted by Gasteiger charge is 2.21. The number of piperidine rings is 1. The number of carbonyl (C=O) groups is 1. The number of amides is 1. The number of likely N-dealkylation sites (tertiary alicyclic amines) is 1. The van der Waals surface area contributed by atoms with E-state index in [0.29, 0.717) is 5.92 Å². The fourth-order valence-corrected chi connectivity index (χ4v) is 2.10. The van der Waals surface area contributed by atoms with Gasteiger partial charge in [0, 0.05) is 18.7 Å². The van der Waals surface area contributed by atoms with E-state index in [1.54, 1.807) is 0 Å². The molecule has 1 aromatic carbocycles. The van der Waals surface area contributed by atoms with Gasteiger partial charge in [0.05, 0.1) is 0 Å². The molecular weight excluding hydrogens is 198 g/mol. The minimum absolute atomic E-state index is 0.156. The van der Waals surface area contributed by atoms with E-state index >= 15 is 0 Å². The zero-order chi connectivity index (χ0) is 11.4. The Morgan fingerprint density at radius 2 is 1.88 bits per heavy atom. The zero-order valence-corrected chi connectivity index (χ0v) is 9.43. The second-order valence-corrected chi connectivity index (χ2v) is 4.23. The quantitative estimate of drug-likeness (QED) is 0.695. The van der Waals surface area contributed by atoms with Gasteiger partial charge in [-0.3, -0.25) is 4.79 Å². The number of hydrogen-bond acceptors (Lipinski definition) is 1. The average Bonchev–Trinajstić information content (AvgIpc) is 2.39. The van der Waals surface area contributed by atoms with E-state index < -0.39 is 0 Å². The molecule has 1 aliphatic rings. The molecule has 1 fully saturated rings. The molecule has 2 rings (SSSR count). The van der Waals surface area contributed by atoms with Gasteiger partial charge in [0.15, 0.2) is 0 Å². The summed E-state index contributed by atoms with van der Waals surface area (Å²) in [6, 6.07) is 9.50. The van der Waals surface area contributed by atoms with Crippen molar-refractivity contribution >= 4 is 5.91 Å². The molecular formula is C14H17NO. The molecule has 1 aromatic rings. The molecule has 0 radical (unpaired) electrons. The number of carbonyl (C=O) groups excluding carboxylic acids is 1. The number of allylic oxidation sites excluding steroid dienone is 1. The lowest BCUT2D eigenvalue weighted by atomic mass is 9.96. The third kappa shape index (κ3) is 2.32. The molecule has 0 atom stereocenters. The molecule has 0 bridgehead atoms. The van der Waals surface area contributed by atoms with Crippen LogP contribution in [0.1, 0.15) is 23.2 Å². The van der Waals surface area contributed by atoms with Crippen molar-refractivity contribution < 1.29 is 4.79 Å². The van der Waals surface area contributed by atoms with Crippen LogP contribution >= 0.6 is 0 Å². The molecule has 84 valence electrons. The first kappa shape index (κ1) is 10.9. The molecule has 0 N–H and O–H groups in total. The second kappa shape index (κ2) is 4.97. The number of benzene rings is 1. The molecule has 1 amide bonds. The molecule has 16 heavy (non-hydrogen) atoms. The molecule has 0 unspecified atom stereocenters. The fraction of sp³-hybridized carbons (Fsp3) is 0.357. The third-order valence-corrected chi connectivity index (χ3v) is 3.18. The van der Waals surface area contributed by atoms with Crippen LogP contribution in [0.2, 0.25) is 0 Å². The monoisotopic (exact) mass is 215 g/mol. The second-order valence-electron chi connectivity index (χ2n) is 4.23. The van der Waals surface area contributed by atoms with Crippen molar-refractivity contribution in [3.8, 4) is 0 Å². The number of nitrogens with zero attached hydrogens (tertiary/aromatic N) is 1. The predicted molar refractivity (Wildman–Crippen MR) is 65.3 cm³/mol. The molecule has 1 aliphatic heterocycles. The first-order valence-electron chi connectivity index (χ1n) is 5.78. The third-order valence-electron chi connectivity index (χ3n) is 3.18. The summed E-state index contributed by atoms with van der Waals surface area (Å²) in [5.74, 6) is 0.739. The van der Waals surface area contributed by atoms with Crippen molar-refractivity contribution in [1.29, 1.82) is 0 Å². The maximum Gasteiger partial charge on any atom is 0.253 e. The lowest BCUT2D eigenvalue weighted by Crippen LogP contribution is -2.38. The summed E-state index contributed by atoms with van der Waals surface area (Å²) in [6.45, 7) is 5.51. The Hall–Kier alpha value is -1.57. The van der Waals surface area contributed by atoms with Crippen molar-refractivity contribution in [2.45, 2.75) is 12.8 Å². The summed E-state index contributed by atoms with van der Waals surface area (Å²) in [7, 11) is 0. The summed E-state index contributed by atoms with van der Waals surface area (Å²) in [5, 5.41) is 0. The van der Waals surface area contributed by atoms with Crippen molar-refractivity contribution in [2.75, 3.05) is 13.1 Å². The SMILES string of the molecule is C=CC1CCN(C(=O)c2ccccc2)CC1. The predicted octanol–water partition coefficient (Wildman–Crippen LogP) is 2.72. The van der Waals surface area contributed by atoms with Crippen LogP contribution in [-0.4, -0.2) is 23.9 Å². The lowest BCUT2D eigenvalue weighted by Gasteiger charge is -2.30. The van der Waals surface area contributed by atoms with Gasteiger partial charge < -0.3 is 4.90 Å². The summed E-state index contributed by atoms with van der Waals surface area (Å²) < 4.78 is 0. The van der Waals surface area contributed by atoms with E-state index in [-0.39, 0.29) is 5.91 Å². The topological polar surface area (TPSA) is 20.3 Å². The van der Waals surface area contributed by atoms with Gasteiger partial charge in [0.25, 0.3) is 5.91 Å². The summed E-state index contributed by atoms with van der Waals surface area (Å²) in [5.41, 5.74) is 0.791. The highest BCUT2D eigenvalue weighted by molar-refractivity contribution is 5.94. The van der Waals surface area contributed by atoms with E-state index in [4.69, 9.17) is 0 Å².